The molecule has 1 fully saturated rings. The Morgan fingerprint density at radius 1 is 1.33 bits per heavy atom. The summed E-state index contributed by atoms with van der Waals surface area (Å²) in [5.74, 6) is -0.238. The lowest BCUT2D eigenvalue weighted by molar-refractivity contribution is -0.120. The molecule has 1 unspecified atom stereocenters. The first-order valence-electron chi connectivity index (χ1n) is 9.03. The molecule has 8 heteroatoms. The van der Waals surface area contributed by atoms with E-state index in [1.807, 2.05) is 6.20 Å². The Morgan fingerprint density at radius 2 is 2.15 bits per heavy atom. The number of amides is 1. The third-order valence-electron chi connectivity index (χ3n) is 4.99. The highest BCUT2D eigenvalue weighted by molar-refractivity contribution is 6.30. The Labute approximate surface area is 161 Å². The number of aromatic nitrogens is 2. The number of halogens is 2. The predicted molar refractivity (Wildman–Crippen MR) is 101 cm³/mol. The van der Waals surface area contributed by atoms with E-state index in [1.165, 1.54) is 12.1 Å². The number of nitrogens with one attached hydrogen (secondary N) is 1. The minimum absolute atomic E-state index is 0.147. The van der Waals surface area contributed by atoms with Gasteiger partial charge in [0, 0.05) is 35.9 Å². The molecule has 2 heterocycles. The fourth-order valence-electron chi connectivity index (χ4n) is 3.46. The number of morpholine rings is 1. The van der Waals surface area contributed by atoms with Crippen molar-refractivity contribution in [1.82, 2.24) is 9.97 Å². The first-order valence-corrected chi connectivity index (χ1v) is 9.41. The molecule has 4 rings (SSSR count). The van der Waals surface area contributed by atoms with Crippen molar-refractivity contribution in [3.63, 3.8) is 0 Å². The van der Waals surface area contributed by atoms with Gasteiger partial charge in [-0.1, -0.05) is 11.6 Å². The van der Waals surface area contributed by atoms with Crippen LogP contribution in [0.15, 0.2) is 24.4 Å². The van der Waals surface area contributed by atoms with Gasteiger partial charge in [0.1, 0.15) is 5.82 Å². The Hall–Kier alpha value is -2.25. The van der Waals surface area contributed by atoms with Crippen LogP contribution in [0.1, 0.15) is 17.7 Å². The van der Waals surface area contributed by atoms with E-state index in [0.29, 0.717) is 37.5 Å². The van der Waals surface area contributed by atoms with Gasteiger partial charge in [-0.05, 0) is 43.0 Å². The van der Waals surface area contributed by atoms with Gasteiger partial charge < -0.3 is 15.0 Å². The van der Waals surface area contributed by atoms with Crippen LogP contribution >= 0.6 is 11.6 Å². The minimum atomic E-state index is -0.537. The van der Waals surface area contributed by atoms with Gasteiger partial charge in [-0.3, -0.25) is 4.79 Å². The molecule has 2 aromatic rings. The van der Waals surface area contributed by atoms with Crippen molar-refractivity contribution in [3.8, 4) is 0 Å². The lowest BCUT2D eigenvalue weighted by Gasteiger charge is -2.28. The number of rotatable bonds is 3. The van der Waals surface area contributed by atoms with Crippen LogP contribution in [0.3, 0.4) is 0 Å². The summed E-state index contributed by atoms with van der Waals surface area (Å²) >= 11 is 5.75. The zero-order chi connectivity index (χ0) is 18.8. The monoisotopic (exact) mass is 390 g/mol. The molecule has 0 bridgehead atoms. The number of benzene rings is 1. The Balaban J connectivity index is 1.44. The van der Waals surface area contributed by atoms with Crippen molar-refractivity contribution in [1.29, 1.82) is 0 Å². The number of hydrogen-bond acceptors (Lipinski definition) is 5. The molecular formula is C19H20ClFN4O2. The summed E-state index contributed by atoms with van der Waals surface area (Å²) < 4.78 is 19.3. The minimum Gasteiger partial charge on any atom is -0.378 e. The maximum atomic E-state index is 13.9. The number of fused-ring (bicyclic) bond motifs is 1. The van der Waals surface area contributed by atoms with Crippen LogP contribution in [0.5, 0.6) is 0 Å². The third kappa shape index (κ3) is 4.04. The molecule has 1 N–H and O–H groups in total. The van der Waals surface area contributed by atoms with Gasteiger partial charge in [0.25, 0.3) is 0 Å². The first-order chi connectivity index (χ1) is 13.1. The van der Waals surface area contributed by atoms with Crippen LogP contribution < -0.4 is 10.2 Å². The van der Waals surface area contributed by atoms with Crippen molar-refractivity contribution in [2.45, 2.75) is 19.3 Å². The van der Waals surface area contributed by atoms with E-state index in [-0.39, 0.29) is 17.5 Å². The SMILES string of the molecule is O=C(Nc1ccc(Cl)cc1F)C1CCc2nc(N3CCOCC3)ncc2C1. The maximum Gasteiger partial charge on any atom is 0.227 e. The van der Waals surface area contributed by atoms with Gasteiger partial charge in [-0.15, -0.1) is 0 Å². The molecule has 27 heavy (non-hydrogen) atoms. The number of anilines is 2. The van der Waals surface area contributed by atoms with E-state index >= 15 is 0 Å². The molecule has 2 aliphatic rings. The Morgan fingerprint density at radius 3 is 2.93 bits per heavy atom. The summed E-state index contributed by atoms with van der Waals surface area (Å²) in [6.07, 6.45) is 3.75. The number of nitrogens with zero attached hydrogens (tertiary/aromatic N) is 3. The molecule has 1 saturated heterocycles. The molecule has 1 amide bonds. The van der Waals surface area contributed by atoms with E-state index in [1.54, 1.807) is 6.07 Å². The number of aryl methyl sites for hydroxylation is 1. The second kappa shape index (κ2) is 7.78. The van der Waals surface area contributed by atoms with E-state index < -0.39 is 5.82 Å². The van der Waals surface area contributed by atoms with Gasteiger partial charge >= 0.3 is 0 Å². The molecule has 1 aliphatic carbocycles. The standard InChI is InChI=1S/C19H20ClFN4O2/c20-14-2-4-17(15(21)10-14)23-18(26)12-1-3-16-13(9-12)11-22-19(24-16)25-5-7-27-8-6-25/h2,4,10-12H,1,3,5-9H2,(H,23,26). The molecule has 0 radical (unpaired) electrons. The first kappa shape index (κ1) is 18.1. The topological polar surface area (TPSA) is 67.4 Å². The summed E-state index contributed by atoms with van der Waals surface area (Å²) in [5, 5.41) is 2.96. The normalized spacial score (nSPS) is 19.5. The van der Waals surface area contributed by atoms with E-state index in [9.17, 15) is 9.18 Å². The summed E-state index contributed by atoms with van der Waals surface area (Å²) in [6, 6.07) is 4.22. The van der Waals surface area contributed by atoms with Gasteiger partial charge in [0.15, 0.2) is 0 Å². The summed E-state index contributed by atoms with van der Waals surface area (Å²) in [6.45, 7) is 2.95. The van der Waals surface area contributed by atoms with E-state index in [2.05, 4.69) is 15.2 Å². The maximum absolute atomic E-state index is 13.9. The summed E-state index contributed by atoms with van der Waals surface area (Å²) in [5.41, 5.74) is 2.12. The molecule has 6 nitrogen and oxygen atoms in total. The average Bonchev–Trinajstić information content (AvgIpc) is 2.70. The fraction of sp³-hybridized carbons (Fsp3) is 0.421. The second-order valence-electron chi connectivity index (χ2n) is 6.79. The van der Waals surface area contributed by atoms with Crippen LogP contribution in [-0.2, 0) is 22.4 Å². The van der Waals surface area contributed by atoms with Gasteiger partial charge in [0.2, 0.25) is 11.9 Å². The Bertz CT molecular complexity index is 858. The van der Waals surface area contributed by atoms with Crippen LogP contribution in [0, 0.1) is 11.7 Å². The molecule has 0 spiro atoms. The highest BCUT2D eigenvalue weighted by Gasteiger charge is 2.27. The zero-order valence-corrected chi connectivity index (χ0v) is 15.5. The van der Waals surface area contributed by atoms with Gasteiger partial charge in [-0.2, -0.15) is 0 Å². The quantitative estimate of drug-likeness (QED) is 0.872. The Kier molecular flexibility index (Phi) is 5.22. The van der Waals surface area contributed by atoms with Crippen molar-refractivity contribution in [2.24, 2.45) is 5.92 Å². The van der Waals surface area contributed by atoms with E-state index in [4.69, 9.17) is 21.3 Å². The second-order valence-corrected chi connectivity index (χ2v) is 7.23. The van der Waals surface area contributed by atoms with Crippen LogP contribution in [0.2, 0.25) is 5.02 Å². The lowest BCUT2D eigenvalue weighted by Crippen LogP contribution is -2.38. The molecular weight excluding hydrogens is 371 g/mol. The number of carbonyl (C=O) groups is 1. The highest BCUT2D eigenvalue weighted by Crippen LogP contribution is 2.27. The van der Waals surface area contributed by atoms with Crippen molar-refractivity contribution >= 4 is 29.1 Å². The third-order valence-corrected chi connectivity index (χ3v) is 5.23. The van der Waals surface area contributed by atoms with Crippen LogP contribution in [0.4, 0.5) is 16.0 Å². The van der Waals surface area contributed by atoms with Crippen LogP contribution in [-0.4, -0.2) is 42.2 Å². The smallest absolute Gasteiger partial charge is 0.227 e. The fourth-order valence-corrected chi connectivity index (χ4v) is 3.62. The number of ether oxygens (including phenoxy) is 1. The van der Waals surface area contributed by atoms with E-state index in [0.717, 1.165) is 30.3 Å². The van der Waals surface area contributed by atoms with Gasteiger partial charge in [0.05, 0.1) is 18.9 Å². The molecule has 1 aliphatic heterocycles. The number of carbonyl (C=O) groups excluding carboxylic acids is 1. The largest absolute Gasteiger partial charge is 0.378 e. The van der Waals surface area contributed by atoms with Gasteiger partial charge in [-0.25, -0.2) is 14.4 Å². The predicted octanol–water partition coefficient (Wildman–Crippen LogP) is 2.85. The highest BCUT2D eigenvalue weighted by atomic mass is 35.5. The number of hydrogen-bond donors (Lipinski definition) is 1. The van der Waals surface area contributed by atoms with Crippen molar-refractivity contribution < 1.29 is 13.9 Å². The molecule has 1 aromatic heterocycles. The molecule has 1 aromatic carbocycles. The lowest BCUT2D eigenvalue weighted by atomic mass is 9.86. The summed E-state index contributed by atoms with van der Waals surface area (Å²) in [7, 11) is 0. The molecule has 142 valence electrons. The average molecular weight is 391 g/mol. The van der Waals surface area contributed by atoms with Crippen molar-refractivity contribution in [2.75, 3.05) is 36.5 Å². The molecule has 1 atom stereocenters. The van der Waals surface area contributed by atoms with Crippen LogP contribution in [0.25, 0.3) is 0 Å². The zero-order valence-electron chi connectivity index (χ0n) is 14.8. The van der Waals surface area contributed by atoms with Crippen molar-refractivity contribution in [3.05, 3.63) is 46.5 Å². The summed E-state index contributed by atoms with van der Waals surface area (Å²) in [4.78, 5) is 23.8. The molecule has 0 saturated carbocycles.